The second-order valence-electron chi connectivity index (χ2n) is 4.23. The first kappa shape index (κ1) is 11.9. The lowest BCUT2D eigenvalue weighted by Crippen LogP contribution is -2.35. The second kappa shape index (κ2) is 4.51. The lowest BCUT2D eigenvalue weighted by Gasteiger charge is -2.26. The Kier molecular flexibility index (Phi) is 2.83. The molecule has 1 aliphatic rings. The summed E-state index contributed by atoms with van der Waals surface area (Å²) in [5.41, 5.74) is 1.18. The molecule has 0 saturated carbocycles. The molecule has 0 aliphatic carbocycles. The number of carboxylic acid groups (broad SMARTS) is 1. The van der Waals surface area contributed by atoms with Gasteiger partial charge in [-0.2, -0.15) is 0 Å². The molecule has 0 bridgehead atoms. The lowest BCUT2D eigenvalue weighted by atomic mass is 10.1. The molecule has 2 aromatic heterocycles. The predicted octanol–water partition coefficient (Wildman–Crippen LogP) is 1.63. The highest BCUT2D eigenvalue weighted by Gasteiger charge is 2.25. The fourth-order valence-electron chi connectivity index (χ4n) is 2.06. The molecule has 3 rings (SSSR count). The van der Waals surface area contributed by atoms with Crippen LogP contribution in [0.4, 0.5) is 0 Å². The standard InChI is InChI=1S/C12H10N2O4S/c15-11(8-5-9(12(16)17)18-13-8)14-3-1-10-7(6-14)2-4-19-10/h2,4-5H,1,3,6H2,(H,16,17). The summed E-state index contributed by atoms with van der Waals surface area (Å²) in [6.45, 7) is 1.15. The minimum atomic E-state index is -1.23. The molecule has 0 unspecified atom stereocenters. The third-order valence-electron chi connectivity index (χ3n) is 3.03. The van der Waals surface area contributed by atoms with Crippen molar-refractivity contribution < 1.29 is 19.2 Å². The largest absolute Gasteiger partial charge is 0.475 e. The molecule has 1 aliphatic heterocycles. The Bertz CT molecular complexity index is 646. The number of hydrogen-bond acceptors (Lipinski definition) is 5. The summed E-state index contributed by atoms with van der Waals surface area (Å²) in [5.74, 6) is -1.85. The van der Waals surface area contributed by atoms with E-state index in [9.17, 15) is 9.59 Å². The van der Waals surface area contributed by atoms with E-state index in [1.807, 2.05) is 11.4 Å². The average molecular weight is 278 g/mol. The van der Waals surface area contributed by atoms with Gasteiger partial charge in [0.25, 0.3) is 5.91 Å². The number of hydrogen-bond donors (Lipinski definition) is 1. The molecule has 0 saturated heterocycles. The van der Waals surface area contributed by atoms with Gasteiger partial charge in [-0.05, 0) is 23.4 Å². The highest BCUT2D eigenvalue weighted by Crippen LogP contribution is 2.24. The summed E-state index contributed by atoms with van der Waals surface area (Å²) in [4.78, 5) is 25.8. The van der Waals surface area contributed by atoms with Crippen LogP contribution in [0.2, 0.25) is 0 Å². The molecule has 0 fully saturated rings. The minimum absolute atomic E-state index is 0.0380. The van der Waals surface area contributed by atoms with Crippen molar-refractivity contribution in [2.75, 3.05) is 6.54 Å². The summed E-state index contributed by atoms with van der Waals surface area (Å²) >= 11 is 1.69. The third-order valence-corrected chi connectivity index (χ3v) is 4.06. The molecule has 0 aromatic carbocycles. The van der Waals surface area contributed by atoms with Gasteiger partial charge in [0, 0.05) is 24.0 Å². The quantitative estimate of drug-likeness (QED) is 0.902. The Balaban J connectivity index is 1.79. The van der Waals surface area contributed by atoms with Gasteiger partial charge >= 0.3 is 5.97 Å². The smallest absolute Gasteiger partial charge is 0.374 e. The van der Waals surface area contributed by atoms with Gasteiger partial charge in [-0.15, -0.1) is 11.3 Å². The average Bonchev–Trinajstić information content (AvgIpc) is 3.06. The summed E-state index contributed by atoms with van der Waals surface area (Å²) in [6.07, 6.45) is 0.822. The Morgan fingerprint density at radius 2 is 2.32 bits per heavy atom. The number of fused-ring (bicyclic) bond motifs is 1. The number of carboxylic acids is 1. The summed E-state index contributed by atoms with van der Waals surface area (Å²) < 4.78 is 4.60. The molecule has 2 aromatic rings. The van der Waals surface area contributed by atoms with Gasteiger partial charge < -0.3 is 14.5 Å². The van der Waals surface area contributed by atoms with Crippen LogP contribution >= 0.6 is 11.3 Å². The van der Waals surface area contributed by atoms with Crippen LogP contribution in [0.15, 0.2) is 22.0 Å². The Morgan fingerprint density at radius 1 is 1.47 bits per heavy atom. The van der Waals surface area contributed by atoms with E-state index in [0.717, 1.165) is 18.1 Å². The van der Waals surface area contributed by atoms with E-state index in [2.05, 4.69) is 9.68 Å². The van der Waals surface area contributed by atoms with Crippen LogP contribution in [0.3, 0.4) is 0 Å². The van der Waals surface area contributed by atoms with Gasteiger partial charge in [0.15, 0.2) is 5.69 Å². The van der Waals surface area contributed by atoms with E-state index in [4.69, 9.17) is 5.11 Å². The predicted molar refractivity (Wildman–Crippen MR) is 66.2 cm³/mol. The SMILES string of the molecule is O=C(O)c1cc(C(=O)N2CCc3sccc3C2)no1. The van der Waals surface area contributed by atoms with E-state index in [0.29, 0.717) is 13.1 Å². The topological polar surface area (TPSA) is 83.6 Å². The van der Waals surface area contributed by atoms with Crippen molar-refractivity contribution in [3.05, 3.63) is 39.4 Å². The van der Waals surface area contributed by atoms with Gasteiger partial charge in [-0.1, -0.05) is 5.16 Å². The Hall–Kier alpha value is -2.15. The maximum Gasteiger partial charge on any atom is 0.374 e. The number of rotatable bonds is 2. The number of nitrogens with zero attached hydrogens (tertiary/aromatic N) is 2. The summed E-state index contributed by atoms with van der Waals surface area (Å²) in [5, 5.41) is 14.3. The zero-order valence-corrected chi connectivity index (χ0v) is 10.6. The van der Waals surface area contributed by atoms with Crippen molar-refractivity contribution >= 4 is 23.2 Å². The maximum absolute atomic E-state index is 12.2. The molecule has 3 heterocycles. The van der Waals surface area contributed by atoms with Crippen LogP contribution < -0.4 is 0 Å². The van der Waals surface area contributed by atoms with Crippen LogP contribution in [0.1, 0.15) is 31.5 Å². The fourth-order valence-corrected chi connectivity index (χ4v) is 2.95. The first-order valence-corrected chi connectivity index (χ1v) is 6.57. The van der Waals surface area contributed by atoms with Crippen molar-refractivity contribution in [2.24, 2.45) is 0 Å². The van der Waals surface area contributed by atoms with E-state index < -0.39 is 5.97 Å². The van der Waals surface area contributed by atoms with Gasteiger partial charge in [0.2, 0.25) is 5.76 Å². The Morgan fingerprint density at radius 3 is 3.05 bits per heavy atom. The van der Waals surface area contributed by atoms with Gasteiger partial charge in [-0.25, -0.2) is 4.79 Å². The first-order chi connectivity index (χ1) is 9.15. The number of amides is 1. The number of aromatic carboxylic acids is 1. The molecule has 0 radical (unpaired) electrons. The lowest BCUT2D eigenvalue weighted by molar-refractivity contribution is 0.0647. The van der Waals surface area contributed by atoms with Gasteiger partial charge in [0.1, 0.15) is 0 Å². The summed E-state index contributed by atoms with van der Waals surface area (Å²) in [6, 6.07) is 3.17. The van der Waals surface area contributed by atoms with Gasteiger partial charge in [-0.3, -0.25) is 4.79 Å². The van der Waals surface area contributed by atoms with E-state index >= 15 is 0 Å². The van der Waals surface area contributed by atoms with Crippen molar-refractivity contribution in [3.8, 4) is 0 Å². The first-order valence-electron chi connectivity index (χ1n) is 5.69. The molecular formula is C12H10N2O4S. The van der Waals surface area contributed by atoms with Crippen LogP contribution in [-0.2, 0) is 13.0 Å². The van der Waals surface area contributed by atoms with Crippen LogP contribution in [0.5, 0.6) is 0 Å². The number of thiophene rings is 1. The molecule has 6 nitrogen and oxygen atoms in total. The van der Waals surface area contributed by atoms with Crippen molar-refractivity contribution in [2.45, 2.75) is 13.0 Å². The zero-order valence-electron chi connectivity index (χ0n) is 9.83. The van der Waals surface area contributed by atoms with E-state index in [-0.39, 0.29) is 17.4 Å². The number of aromatic nitrogens is 1. The molecule has 0 spiro atoms. The molecule has 1 N–H and O–H groups in total. The van der Waals surface area contributed by atoms with Gasteiger partial charge in [0.05, 0.1) is 0 Å². The molecular weight excluding hydrogens is 268 g/mol. The molecule has 19 heavy (non-hydrogen) atoms. The third kappa shape index (κ3) is 2.12. The van der Waals surface area contributed by atoms with Crippen LogP contribution in [0.25, 0.3) is 0 Å². The minimum Gasteiger partial charge on any atom is -0.475 e. The fraction of sp³-hybridized carbons (Fsp3) is 0.250. The van der Waals surface area contributed by atoms with Crippen LogP contribution in [0, 0.1) is 0 Å². The summed E-state index contributed by atoms with van der Waals surface area (Å²) in [7, 11) is 0. The Labute approximate surface area is 112 Å². The van der Waals surface area contributed by atoms with Crippen molar-refractivity contribution in [1.82, 2.24) is 10.1 Å². The molecule has 7 heteroatoms. The zero-order chi connectivity index (χ0) is 13.4. The van der Waals surface area contributed by atoms with Crippen LogP contribution in [-0.4, -0.2) is 33.6 Å². The highest BCUT2D eigenvalue weighted by atomic mass is 32.1. The number of carbonyl (C=O) groups is 2. The maximum atomic E-state index is 12.2. The van der Waals surface area contributed by atoms with Crippen molar-refractivity contribution in [1.29, 1.82) is 0 Å². The normalized spacial score (nSPS) is 14.2. The number of carbonyl (C=O) groups excluding carboxylic acids is 1. The molecule has 1 amide bonds. The molecule has 0 atom stereocenters. The van der Waals surface area contributed by atoms with E-state index in [1.165, 1.54) is 4.88 Å². The monoisotopic (exact) mass is 278 g/mol. The van der Waals surface area contributed by atoms with Crippen molar-refractivity contribution in [3.63, 3.8) is 0 Å². The highest BCUT2D eigenvalue weighted by molar-refractivity contribution is 7.10. The molecule has 98 valence electrons. The van der Waals surface area contributed by atoms with E-state index in [1.54, 1.807) is 16.2 Å². The second-order valence-corrected chi connectivity index (χ2v) is 5.23.